The van der Waals surface area contributed by atoms with E-state index in [9.17, 15) is 4.79 Å². The number of halogens is 1. The Morgan fingerprint density at radius 2 is 1.73 bits per heavy atom. The topological polar surface area (TPSA) is 48.0 Å². The number of amides is 1. The lowest BCUT2D eigenvalue weighted by Gasteiger charge is -2.19. The number of rotatable bonds is 8. The van der Waals surface area contributed by atoms with E-state index in [1.807, 2.05) is 24.3 Å². The molecule has 0 aliphatic rings. The van der Waals surface area contributed by atoms with Crippen LogP contribution in [0.4, 0.5) is 0 Å². The first-order valence-corrected chi connectivity index (χ1v) is 8.79. The quantitative estimate of drug-likeness (QED) is 0.598. The molecule has 0 aliphatic carbocycles. The summed E-state index contributed by atoms with van der Waals surface area (Å²) in [4.78, 5) is 14.4. The summed E-state index contributed by atoms with van der Waals surface area (Å²) in [5, 5.41) is 0. The van der Waals surface area contributed by atoms with Crippen molar-refractivity contribution in [1.82, 2.24) is 4.90 Å². The van der Waals surface area contributed by atoms with Crippen LogP contribution in [0.25, 0.3) is 0 Å². The molecule has 0 saturated carbocycles. The van der Waals surface area contributed by atoms with E-state index in [1.165, 1.54) is 0 Å². The van der Waals surface area contributed by atoms with Crippen molar-refractivity contribution in [2.24, 2.45) is 0 Å². The minimum Gasteiger partial charge on any atom is -0.495 e. The van der Waals surface area contributed by atoms with Gasteiger partial charge in [-0.15, -0.1) is 0 Å². The SMILES string of the molecule is C=CCOc1ccc(CN(C)C(=O)c2cc(OC)c(Br)c(OC)c2)cc1. The molecule has 138 valence electrons. The highest BCUT2D eigenvalue weighted by molar-refractivity contribution is 9.10. The maximum atomic E-state index is 12.8. The molecule has 2 aromatic carbocycles. The maximum Gasteiger partial charge on any atom is 0.254 e. The second-order valence-corrected chi connectivity index (χ2v) is 6.39. The van der Waals surface area contributed by atoms with Crippen molar-refractivity contribution in [2.75, 3.05) is 27.9 Å². The summed E-state index contributed by atoms with van der Waals surface area (Å²) in [5.74, 6) is 1.74. The van der Waals surface area contributed by atoms with Gasteiger partial charge in [0.15, 0.2) is 0 Å². The largest absolute Gasteiger partial charge is 0.495 e. The van der Waals surface area contributed by atoms with Gasteiger partial charge in [-0.05, 0) is 45.8 Å². The molecular formula is C20H22BrNO4. The molecule has 0 bridgehead atoms. The van der Waals surface area contributed by atoms with E-state index in [0.717, 1.165) is 11.3 Å². The molecule has 0 heterocycles. The van der Waals surface area contributed by atoms with Crippen LogP contribution in [0.15, 0.2) is 53.5 Å². The van der Waals surface area contributed by atoms with E-state index in [-0.39, 0.29) is 5.91 Å². The molecule has 5 nitrogen and oxygen atoms in total. The molecule has 2 rings (SSSR count). The number of ether oxygens (including phenoxy) is 3. The Bertz CT molecular complexity index is 749. The van der Waals surface area contributed by atoms with Crippen molar-refractivity contribution < 1.29 is 19.0 Å². The summed E-state index contributed by atoms with van der Waals surface area (Å²) in [7, 11) is 4.85. The minimum atomic E-state index is -0.124. The van der Waals surface area contributed by atoms with E-state index < -0.39 is 0 Å². The maximum absolute atomic E-state index is 12.8. The molecule has 2 aromatic rings. The molecule has 0 N–H and O–H groups in total. The smallest absolute Gasteiger partial charge is 0.254 e. The van der Waals surface area contributed by atoms with Crippen LogP contribution in [-0.2, 0) is 6.54 Å². The zero-order valence-electron chi connectivity index (χ0n) is 15.1. The van der Waals surface area contributed by atoms with Gasteiger partial charge in [0.1, 0.15) is 28.3 Å². The summed E-state index contributed by atoms with van der Waals surface area (Å²) in [6.45, 7) is 4.56. The van der Waals surface area contributed by atoms with Crippen molar-refractivity contribution in [3.05, 3.63) is 64.7 Å². The van der Waals surface area contributed by atoms with Gasteiger partial charge in [0.05, 0.1) is 14.2 Å². The molecule has 0 atom stereocenters. The summed E-state index contributed by atoms with van der Waals surface area (Å²) in [6, 6.07) is 11.0. The molecule has 0 aromatic heterocycles. The second kappa shape index (κ2) is 9.29. The predicted molar refractivity (Wildman–Crippen MR) is 105 cm³/mol. The van der Waals surface area contributed by atoms with E-state index >= 15 is 0 Å². The van der Waals surface area contributed by atoms with Gasteiger partial charge in [-0.2, -0.15) is 0 Å². The predicted octanol–water partition coefficient (Wildman–Crippen LogP) is 4.30. The van der Waals surface area contributed by atoms with E-state index in [2.05, 4.69) is 22.5 Å². The highest BCUT2D eigenvalue weighted by atomic mass is 79.9. The molecular weight excluding hydrogens is 398 g/mol. The van der Waals surface area contributed by atoms with Gasteiger partial charge in [-0.1, -0.05) is 24.8 Å². The third-order valence-corrected chi connectivity index (χ3v) is 4.53. The average Bonchev–Trinajstić information content (AvgIpc) is 2.67. The summed E-state index contributed by atoms with van der Waals surface area (Å²) >= 11 is 3.41. The lowest BCUT2D eigenvalue weighted by Crippen LogP contribution is -2.26. The normalized spacial score (nSPS) is 10.2. The third kappa shape index (κ3) is 4.79. The fourth-order valence-electron chi connectivity index (χ4n) is 2.41. The number of hydrogen-bond donors (Lipinski definition) is 0. The summed E-state index contributed by atoms with van der Waals surface area (Å²) < 4.78 is 16.7. The molecule has 0 saturated heterocycles. The Hall–Kier alpha value is -2.47. The van der Waals surface area contributed by atoms with E-state index in [1.54, 1.807) is 44.4 Å². The Kier molecular flexibility index (Phi) is 7.09. The van der Waals surface area contributed by atoms with Gasteiger partial charge in [0, 0.05) is 19.2 Å². The summed E-state index contributed by atoms with van der Waals surface area (Å²) in [6.07, 6.45) is 1.70. The fourth-order valence-corrected chi connectivity index (χ4v) is 2.96. The van der Waals surface area contributed by atoms with Gasteiger partial charge in [0.2, 0.25) is 0 Å². The molecule has 1 amide bonds. The number of benzene rings is 2. The Morgan fingerprint density at radius 3 is 2.23 bits per heavy atom. The van der Waals surface area contributed by atoms with Gasteiger partial charge >= 0.3 is 0 Å². The second-order valence-electron chi connectivity index (χ2n) is 5.60. The number of methoxy groups -OCH3 is 2. The van der Waals surface area contributed by atoms with Crippen LogP contribution in [0, 0.1) is 0 Å². The number of hydrogen-bond acceptors (Lipinski definition) is 4. The zero-order valence-corrected chi connectivity index (χ0v) is 16.7. The van der Waals surface area contributed by atoms with Gasteiger partial charge in [-0.25, -0.2) is 0 Å². The molecule has 0 fully saturated rings. The molecule has 0 radical (unpaired) electrons. The van der Waals surface area contributed by atoms with Crippen LogP contribution in [0.1, 0.15) is 15.9 Å². The first-order chi connectivity index (χ1) is 12.5. The number of carbonyl (C=O) groups is 1. The Balaban J connectivity index is 2.13. The van der Waals surface area contributed by atoms with Crippen molar-refractivity contribution in [1.29, 1.82) is 0 Å². The molecule has 0 aliphatic heterocycles. The molecule has 6 heteroatoms. The van der Waals surface area contributed by atoms with Crippen molar-refractivity contribution >= 4 is 21.8 Å². The number of carbonyl (C=O) groups excluding carboxylic acids is 1. The lowest BCUT2D eigenvalue weighted by molar-refractivity contribution is 0.0784. The standard InChI is InChI=1S/C20H22BrNO4/c1-5-10-26-16-8-6-14(7-9-16)13-22(2)20(23)15-11-17(24-3)19(21)18(12-15)25-4/h5-9,11-12H,1,10,13H2,2-4H3. The Labute approximate surface area is 162 Å². The molecule has 26 heavy (non-hydrogen) atoms. The monoisotopic (exact) mass is 419 g/mol. The average molecular weight is 420 g/mol. The molecule has 0 unspecified atom stereocenters. The van der Waals surface area contributed by atoms with Crippen molar-refractivity contribution in [3.8, 4) is 17.2 Å². The van der Waals surface area contributed by atoms with E-state index in [0.29, 0.717) is 34.7 Å². The van der Waals surface area contributed by atoms with Crippen LogP contribution in [-0.4, -0.2) is 38.7 Å². The zero-order chi connectivity index (χ0) is 19.1. The fraction of sp³-hybridized carbons (Fsp3) is 0.250. The van der Waals surface area contributed by atoms with Crippen LogP contribution < -0.4 is 14.2 Å². The highest BCUT2D eigenvalue weighted by Crippen LogP contribution is 2.36. The first-order valence-electron chi connectivity index (χ1n) is 7.99. The van der Waals surface area contributed by atoms with Crippen LogP contribution >= 0.6 is 15.9 Å². The van der Waals surface area contributed by atoms with E-state index in [4.69, 9.17) is 14.2 Å². The van der Waals surface area contributed by atoms with Crippen LogP contribution in [0.2, 0.25) is 0 Å². The lowest BCUT2D eigenvalue weighted by atomic mass is 10.1. The van der Waals surface area contributed by atoms with Gasteiger partial charge < -0.3 is 19.1 Å². The van der Waals surface area contributed by atoms with Crippen LogP contribution in [0.3, 0.4) is 0 Å². The Morgan fingerprint density at radius 1 is 1.15 bits per heavy atom. The van der Waals surface area contributed by atoms with Gasteiger partial charge in [0.25, 0.3) is 5.91 Å². The highest BCUT2D eigenvalue weighted by Gasteiger charge is 2.17. The van der Waals surface area contributed by atoms with Crippen molar-refractivity contribution in [3.63, 3.8) is 0 Å². The van der Waals surface area contributed by atoms with Crippen LogP contribution in [0.5, 0.6) is 17.2 Å². The van der Waals surface area contributed by atoms with Gasteiger partial charge in [-0.3, -0.25) is 4.79 Å². The minimum absolute atomic E-state index is 0.124. The first kappa shape index (κ1) is 19.8. The third-order valence-electron chi connectivity index (χ3n) is 3.75. The molecule has 0 spiro atoms. The van der Waals surface area contributed by atoms with Crippen molar-refractivity contribution in [2.45, 2.75) is 6.54 Å². The number of nitrogens with zero attached hydrogens (tertiary/aromatic N) is 1. The summed E-state index contributed by atoms with van der Waals surface area (Å²) in [5.41, 5.74) is 1.50.